The van der Waals surface area contributed by atoms with Crippen LogP contribution < -0.4 is 15.6 Å². The molecule has 35 heavy (non-hydrogen) atoms. The first-order chi connectivity index (χ1) is 17.0. The highest BCUT2D eigenvalue weighted by Crippen LogP contribution is 2.26. The minimum Gasteiger partial charge on any atom is -0.496 e. The summed E-state index contributed by atoms with van der Waals surface area (Å²) < 4.78 is 10.8. The third kappa shape index (κ3) is 6.08. The number of aromatic nitrogens is 1. The first-order valence-electron chi connectivity index (χ1n) is 12.0. The fourth-order valence-electron chi connectivity index (χ4n) is 3.94. The van der Waals surface area contributed by atoms with E-state index in [0.717, 1.165) is 30.2 Å². The molecule has 8 nitrogen and oxygen atoms in total. The van der Waals surface area contributed by atoms with Gasteiger partial charge in [0.05, 0.1) is 19.2 Å². The zero-order valence-electron chi connectivity index (χ0n) is 20.8. The lowest BCUT2D eigenvalue weighted by atomic mass is 10.0. The molecule has 8 heteroatoms. The van der Waals surface area contributed by atoms with Gasteiger partial charge < -0.3 is 24.7 Å². The van der Waals surface area contributed by atoms with Crippen molar-refractivity contribution in [3.05, 3.63) is 69.5 Å². The minimum atomic E-state index is -0.519. The lowest BCUT2D eigenvalue weighted by Gasteiger charge is -2.26. The first kappa shape index (κ1) is 26.0. The summed E-state index contributed by atoms with van der Waals surface area (Å²) in [4.78, 5) is 42.4. The SMILES string of the molecule is CC.CCCc1cc2cc(C(=O)Nc3ccc(C(=O)N4CCCOC4)cc3)c(=O)[nH]c2cc1OC. The van der Waals surface area contributed by atoms with Crippen molar-refractivity contribution < 1.29 is 19.1 Å². The van der Waals surface area contributed by atoms with E-state index in [0.29, 0.717) is 35.7 Å². The zero-order valence-corrected chi connectivity index (χ0v) is 20.8. The van der Waals surface area contributed by atoms with Crippen LogP contribution in [0.5, 0.6) is 5.75 Å². The Bertz CT molecular complexity index is 1230. The summed E-state index contributed by atoms with van der Waals surface area (Å²) >= 11 is 0. The lowest BCUT2D eigenvalue weighted by Crippen LogP contribution is -2.38. The molecule has 0 bridgehead atoms. The van der Waals surface area contributed by atoms with Crippen LogP contribution in [0.2, 0.25) is 0 Å². The molecule has 186 valence electrons. The summed E-state index contributed by atoms with van der Waals surface area (Å²) in [6.45, 7) is 7.69. The molecule has 0 spiro atoms. The van der Waals surface area contributed by atoms with Gasteiger partial charge in [0.2, 0.25) is 0 Å². The molecule has 1 aliphatic rings. The Morgan fingerprint density at radius 3 is 2.51 bits per heavy atom. The van der Waals surface area contributed by atoms with E-state index < -0.39 is 11.5 Å². The number of carbonyl (C=O) groups is 2. The summed E-state index contributed by atoms with van der Waals surface area (Å²) in [7, 11) is 1.60. The quantitative estimate of drug-likeness (QED) is 0.539. The minimum absolute atomic E-state index is 0.0146. The van der Waals surface area contributed by atoms with Crippen molar-refractivity contribution >= 4 is 28.4 Å². The first-order valence-corrected chi connectivity index (χ1v) is 12.0. The van der Waals surface area contributed by atoms with Crippen LogP contribution >= 0.6 is 0 Å². The summed E-state index contributed by atoms with van der Waals surface area (Å²) in [6, 6.07) is 11.9. The number of methoxy groups -OCH3 is 1. The molecule has 2 heterocycles. The van der Waals surface area contributed by atoms with Crippen molar-refractivity contribution in [2.45, 2.75) is 40.0 Å². The van der Waals surface area contributed by atoms with E-state index in [2.05, 4.69) is 17.2 Å². The van der Waals surface area contributed by atoms with E-state index in [4.69, 9.17) is 9.47 Å². The molecule has 0 aliphatic carbocycles. The van der Waals surface area contributed by atoms with Gasteiger partial charge in [0, 0.05) is 23.9 Å². The second-order valence-corrected chi connectivity index (χ2v) is 8.00. The van der Waals surface area contributed by atoms with E-state index in [9.17, 15) is 14.4 Å². The Morgan fingerprint density at radius 2 is 1.89 bits per heavy atom. The third-order valence-electron chi connectivity index (χ3n) is 5.65. The average Bonchev–Trinajstić information content (AvgIpc) is 2.90. The van der Waals surface area contributed by atoms with E-state index in [-0.39, 0.29) is 18.2 Å². The predicted octanol–water partition coefficient (Wildman–Crippen LogP) is 4.59. The highest BCUT2D eigenvalue weighted by atomic mass is 16.5. The van der Waals surface area contributed by atoms with Gasteiger partial charge in [-0.3, -0.25) is 14.4 Å². The molecule has 4 rings (SSSR count). The van der Waals surface area contributed by atoms with Crippen LogP contribution in [0.15, 0.2) is 47.3 Å². The van der Waals surface area contributed by atoms with Crippen molar-refractivity contribution in [1.82, 2.24) is 9.88 Å². The van der Waals surface area contributed by atoms with Gasteiger partial charge in [0.25, 0.3) is 17.4 Å². The van der Waals surface area contributed by atoms with Crippen LogP contribution in [0, 0.1) is 0 Å². The number of fused-ring (bicyclic) bond motifs is 1. The van der Waals surface area contributed by atoms with Gasteiger partial charge in [0.15, 0.2) is 0 Å². The molecule has 1 aromatic heterocycles. The fourth-order valence-corrected chi connectivity index (χ4v) is 3.94. The monoisotopic (exact) mass is 479 g/mol. The molecule has 2 N–H and O–H groups in total. The number of nitrogens with zero attached hydrogens (tertiary/aromatic N) is 1. The van der Waals surface area contributed by atoms with Gasteiger partial charge in [-0.25, -0.2) is 0 Å². The van der Waals surface area contributed by atoms with Crippen LogP contribution in [-0.4, -0.2) is 48.7 Å². The highest BCUT2D eigenvalue weighted by molar-refractivity contribution is 6.06. The van der Waals surface area contributed by atoms with Gasteiger partial charge in [-0.15, -0.1) is 0 Å². The summed E-state index contributed by atoms with van der Waals surface area (Å²) in [5.41, 5.74) is 2.16. The lowest BCUT2D eigenvalue weighted by molar-refractivity contribution is -0.00571. The van der Waals surface area contributed by atoms with E-state index in [1.54, 1.807) is 48.4 Å². The third-order valence-corrected chi connectivity index (χ3v) is 5.65. The Morgan fingerprint density at radius 1 is 1.14 bits per heavy atom. The molecular formula is C27H33N3O5. The molecule has 1 saturated heterocycles. The van der Waals surface area contributed by atoms with Gasteiger partial charge in [-0.2, -0.15) is 0 Å². The second-order valence-electron chi connectivity index (χ2n) is 8.00. The zero-order chi connectivity index (χ0) is 25.4. The molecule has 2 aromatic carbocycles. The molecule has 1 fully saturated rings. The highest BCUT2D eigenvalue weighted by Gasteiger charge is 2.19. The van der Waals surface area contributed by atoms with Crippen molar-refractivity contribution in [3.8, 4) is 5.75 Å². The number of aromatic amines is 1. The molecule has 1 aliphatic heterocycles. The summed E-state index contributed by atoms with van der Waals surface area (Å²) in [6.07, 6.45) is 2.59. The summed E-state index contributed by atoms with van der Waals surface area (Å²) in [5.74, 6) is 0.0781. The van der Waals surface area contributed by atoms with Gasteiger partial charge >= 0.3 is 0 Å². The smallest absolute Gasteiger partial charge is 0.261 e. The molecule has 0 saturated carbocycles. The van der Waals surface area contributed by atoms with Crippen molar-refractivity contribution in [3.63, 3.8) is 0 Å². The molecule has 0 unspecified atom stereocenters. The Balaban J connectivity index is 0.00000167. The Hall–Kier alpha value is -3.65. The van der Waals surface area contributed by atoms with Gasteiger partial charge in [-0.05, 0) is 60.2 Å². The summed E-state index contributed by atoms with van der Waals surface area (Å²) in [5, 5.41) is 3.50. The maximum atomic E-state index is 12.8. The maximum absolute atomic E-state index is 12.8. The number of hydrogen-bond donors (Lipinski definition) is 2. The van der Waals surface area contributed by atoms with E-state index in [1.807, 2.05) is 19.9 Å². The number of anilines is 1. The predicted molar refractivity (Wildman–Crippen MR) is 137 cm³/mol. The molecule has 0 radical (unpaired) electrons. The Labute approximate surface area is 205 Å². The number of ether oxygens (including phenoxy) is 2. The van der Waals surface area contributed by atoms with Crippen LogP contribution in [0.25, 0.3) is 10.9 Å². The van der Waals surface area contributed by atoms with Crippen molar-refractivity contribution in [2.75, 3.05) is 32.3 Å². The number of nitrogens with one attached hydrogen (secondary N) is 2. The molecule has 0 atom stereocenters. The largest absolute Gasteiger partial charge is 0.496 e. The number of carbonyl (C=O) groups excluding carboxylic acids is 2. The number of benzene rings is 2. The van der Waals surface area contributed by atoms with Crippen molar-refractivity contribution in [2.24, 2.45) is 0 Å². The van der Waals surface area contributed by atoms with Crippen LogP contribution in [-0.2, 0) is 11.2 Å². The number of aryl methyl sites for hydroxylation is 1. The molecular weight excluding hydrogens is 446 g/mol. The molecule has 3 aromatic rings. The number of pyridine rings is 1. The van der Waals surface area contributed by atoms with Crippen molar-refractivity contribution in [1.29, 1.82) is 0 Å². The van der Waals surface area contributed by atoms with E-state index in [1.165, 1.54) is 0 Å². The van der Waals surface area contributed by atoms with Crippen LogP contribution in [0.4, 0.5) is 5.69 Å². The Kier molecular flexibility index (Phi) is 9.03. The normalized spacial score (nSPS) is 13.1. The van der Waals surface area contributed by atoms with E-state index >= 15 is 0 Å². The average molecular weight is 480 g/mol. The topological polar surface area (TPSA) is 101 Å². The number of hydrogen-bond acceptors (Lipinski definition) is 5. The second kappa shape index (κ2) is 12.2. The fraction of sp³-hybridized carbons (Fsp3) is 0.370. The van der Waals surface area contributed by atoms with Gasteiger partial charge in [-0.1, -0.05) is 27.2 Å². The van der Waals surface area contributed by atoms with Gasteiger partial charge in [0.1, 0.15) is 18.0 Å². The standard InChI is InChI=1S/C25H27N3O5.C2H6/c1-3-5-17-12-18-13-20(24(30)27-21(18)14-22(17)32-2)23(29)26-19-8-6-16(7-9-19)25(31)28-10-4-11-33-15-28;1-2/h6-9,12-14H,3-5,10-11,15H2,1-2H3,(H,26,29)(H,27,30);1-2H3. The van der Waals surface area contributed by atoms with Crippen LogP contribution in [0.1, 0.15) is 59.9 Å². The van der Waals surface area contributed by atoms with Crippen LogP contribution in [0.3, 0.4) is 0 Å². The number of rotatable bonds is 6. The maximum Gasteiger partial charge on any atom is 0.261 e. The molecule has 2 amide bonds. The number of amides is 2. The number of H-pyrrole nitrogens is 1.